The summed E-state index contributed by atoms with van der Waals surface area (Å²) in [6.07, 6.45) is 2.09. The predicted molar refractivity (Wildman–Crippen MR) is 68.8 cm³/mol. The van der Waals surface area contributed by atoms with E-state index in [1.165, 1.54) is 0 Å². The van der Waals surface area contributed by atoms with Gasteiger partial charge in [-0.3, -0.25) is 4.79 Å². The van der Waals surface area contributed by atoms with Gasteiger partial charge >= 0.3 is 12.0 Å². The average Bonchev–Trinajstić information content (AvgIpc) is 3.05. The van der Waals surface area contributed by atoms with Crippen LogP contribution in [0.25, 0.3) is 0 Å². The number of aliphatic carboxylic acids is 1. The quantitative estimate of drug-likeness (QED) is 0.778. The van der Waals surface area contributed by atoms with E-state index in [1.54, 1.807) is 0 Å². The Kier molecular flexibility index (Phi) is 4.29. The molecule has 1 aliphatic carbocycles. The molecule has 2 aliphatic rings. The number of rotatable bonds is 5. The fourth-order valence-electron chi connectivity index (χ4n) is 2.36. The highest BCUT2D eigenvalue weighted by Gasteiger charge is 2.38. The van der Waals surface area contributed by atoms with Crippen molar-refractivity contribution in [2.45, 2.75) is 38.8 Å². The van der Waals surface area contributed by atoms with Crippen LogP contribution in [0.1, 0.15) is 26.7 Å². The second kappa shape index (κ2) is 5.77. The van der Waals surface area contributed by atoms with Gasteiger partial charge in [-0.2, -0.15) is 0 Å². The molecule has 2 atom stereocenters. The lowest BCUT2D eigenvalue weighted by Crippen LogP contribution is -2.50. The van der Waals surface area contributed by atoms with Crippen molar-refractivity contribution in [2.75, 3.05) is 19.8 Å². The highest BCUT2D eigenvalue weighted by molar-refractivity contribution is 5.77. The van der Waals surface area contributed by atoms with Crippen LogP contribution in [0.15, 0.2) is 0 Å². The number of nitrogens with zero attached hydrogens (tertiary/aromatic N) is 1. The van der Waals surface area contributed by atoms with Crippen LogP contribution in [0.4, 0.5) is 4.79 Å². The third kappa shape index (κ3) is 3.59. The Hall–Kier alpha value is -1.30. The largest absolute Gasteiger partial charge is 0.481 e. The first-order valence-corrected chi connectivity index (χ1v) is 6.86. The summed E-state index contributed by atoms with van der Waals surface area (Å²) in [5.41, 5.74) is 0. The molecule has 0 aromatic carbocycles. The summed E-state index contributed by atoms with van der Waals surface area (Å²) < 4.78 is 5.15. The number of carbonyl (C=O) groups excluding carboxylic acids is 1. The van der Waals surface area contributed by atoms with Crippen LogP contribution in [0.2, 0.25) is 0 Å². The minimum absolute atomic E-state index is 0.155. The van der Waals surface area contributed by atoms with E-state index >= 15 is 0 Å². The minimum Gasteiger partial charge on any atom is -0.481 e. The third-order valence-corrected chi connectivity index (χ3v) is 3.52. The zero-order valence-electron chi connectivity index (χ0n) is 11.5. The van der Waals surface area contributed by atoms with Gasteiger partial charge in [0.05, 0.1) is 19.3 Å². The van der Waals surface area contributed by atoms with E-state index in [1.807, 2.05) is 4.90 Å². The number of carboxylic acids is 1. The molecule has 2 unspecified atom stereocenters. The topological polar surface area (TPSA) is 78.9 Å². The van der Waals surface area contributed by atoms with Crippen molar-refractivity contribution in [3.63, 3.8) is 0 Å². The second-order valence-corrected chi connectivity index (χ2v) is 5.82. The number of urea groups is 1. The summed E-state index contributed by atoms with van der Waals surface area (Å²) >= 11 is 0. The molecule has 6 nitrogen and oxygen atoms in total. The van der Waals surface area contributed by atoms with E-state index in [0.717, 1.165) is 12.8 Å². The molecular weight excluding hydrogens is 248 g/mol. The number of carboxylic acid groups (broad SMARTS) is 1. The van der Waals surface area contributed by atoms with Crippen molar-refractivity contribution < 1.29 is 19.4 Å². The van der Waals surface area contributed by atoms with Crippen LogP contribution in [0.3, 0.4) is 0 Å². The first kappa shape index (κ1) is 14.1. The first-order valence-electron chi connectivity index (χ1n) is 6.86. The molecule has 6 heteroatoms. The maximum Gasteiger partial charge on any atom is 0.317 e. The molecule has 1 heterocycles. The van der Waals surface area contributed by atoms with Crippen LogP contribution >= 0.6 is 0 Å². The van der Waals surface area contributed by atoms with Gasteiger partial charge in [0.15, 0.2) is 0 Å². The molecule has 108 valence electrons. The Balaban J connectivity index is 1.92. The van der Waals surface area contributed by atoms with E-state index in [2.05, 4.69) is 19.2 Å². The molecule has 2 amide bonds. The molecule has 2 fully saturated rings. The molecule has 2 N–H and O–H groups in total. The molecule has 1 saturated heterocycles. The molecule has 1 aliphatic heterocycles. The Morgan fingerprint density at radius 3 is 2.58 bits per heavy atom. The van der Waals surface area contributed by atoms with E-state index in [0.29, 0.717) is 18.5 Å². The van der Waals surface area contributed by atoms with Gasteiger partial charge in [0, 0.05) is 12.6 Å². The maximum absolute atomic E-state index is 12.3. The Morgan fingerprint density at radius 2 is 2.05 bits per heavy atom. The Bertz CT molecular complexity index is 355. The molecule has 0 bridgehead atoms. The van der Waals surface area contributed by atoms with Crippen LogP contribution < -0.4 is 5.32 Å². The number of carbonyl (C=O) groups is 2. The number of hydrogen-bond acceptors (Lipinski definition) is 3. The van der Waals surface area contributed by atoms with Crippen molar-refractivity contribution in [3.05, 3.63) is 0 Å². The summed E-state index contributed by atoms with van der Waals surface area (Å²) in [5.74, 6) is -1.14. The summed E-state index contributed by atoms with van der Waals surface area (Å²) in [6.45, 7) is 5.31. The summed E-state index contributed by atoms with van der Waals surface area (Å²) in [4.78, 5) is 25.1. The van der Waals surface area contributed by atoms with Crippen molar-refractivity contribution in [3.8, 4) is 0 Å². The van der Waals surface area contributed by atoms with Crippen molar-refractivity contribution in [2.24, 2.45) is 11.8 Å². The third-order valence-electron chi connectivity index (χ3n) is 3.52. The lowest BCUT2D eigenvalue weighted by Gasteiger charge is -2.27. The Labute approximate surface area is 113 Å². The van der Waals surface area contributed by atoms with Crippen LogP contribution in [-0.2, 0) is 9.53 Å². The molecular formula is C13H22N2O4. The smallest absolute Gasteiger partial charge is 0.317 e. The van der Waals surface area contributed by atoms with Crippen molar-refractivity contribution in [1.29, 1.82) is 0 Å². The van der Waals surface area contributed by atoms with E-state index in [4.69, 9.17) is 9.84 Å². The fraction of sp³-hybridized carbons (Fsp3) is 0.846. The molecule has 0 aromatic heterocycles. The average molecular weight is 270 g/mol. The monoisotopic (exact) mass is 270 g/mol. The van der Waals surface area contributed by atoms with Gasteiger partial charge in [0.1, 0.15) is 5.92 Å². The van der Waals surface area contributed by atoms with Gasteiger partial charge in [-0.05, 0) is 18.8 Å². The van der Waals surface area contributed by atoms with E-state index in [-0.39, 0.29) is 19.2 Å². The van der Waals surface area contributed by atoms with Gasteiger partial charge < -0.3 is 20.1 Å². The number of nitrogens with one attached hydrogen (secondary N) is 1. The SMILES string of the molecule is CC(C)CN(C(=O)NC1COCC1C(=O)O)C1CC1. The van der Waals surface area contributed by atoms with Crippen LogP contribution in [0.5, 0.6) is 0 Å². The normalized spacial score (nSPS) is 26.5. The standard InChI is InChI=1S/C13H22N2O4/c1-8(2)5-15(9-3-4-9)13(18)14-11-7-19-6-10(11)12(16)17/h8-11H,3-7H2,1-2H3,(H,14,18)(H,16,17). The Morgan fingerprint density at radius 1 is 1.37 bits per heavy atom. The summed E-state index contributed by atoms with van der Waals surface area (Å²) in [5, 5.41) is 11.9. The van der Waals surface area contributed by atoms with Crippen LogP contribution in [0, 0.1) is 11.8 Å². The van der Waals surface area contributed by atoms with Crippen LogP contribution in [-0.4, -0.2) is 53.8 Å². The van der Waals surface area contributed by atoms with Gasteiger partial charge in [-0.25, -0.2) is 4.79 Å². The molecule has 1 saturated carbocycles. The zero-order chi connectivity index (χ0) is 14.0. The molecule has 0 radical (unpaired) electrons. The van der Waals surface area contributed by atoms with Gasteiger partial charge in [0.2, 0.25) is 0 Å². The van der Waals surface area contributed by atoms with Gasteiger partial charge in [0.25, 0.3) is 0 Å². The maximum atomic E-state index is 12.3. The second-order valence-electron chi connectivity index (χ2n) is 5.82. The predicted octanol–water partition coefficient (Wildman–Crippen LogP) is 0.916. The zero-order valence-corrected chi connectivity index (χ0v) is 11.5. The molecule has 2 rings (SSSR count). The van der Waals surface area contributed by atoms with Crippen molar-refractivity contribution >= 4 is 12.0 Å². The van der Waals surface area contributed by atoms with E-state index in [9.17, 15) is 9.59 Å². The number of hydrogen-bond donors (Lipinski definition) is 2. The molecule has 19 heavy (non-hydrogen) atoms. The van der Waals surface area contributed by atoms with Gasteiger partial charge in [-0.15, -0.1) is 0 Å². The van der Waals surface area contributed by atoms with Crippen molar-refractivity contribution in [1.82, 2.24) is 10.2 Å². The minimum atomic E-state index is -0.912. The first-order chi connectivity index (χ1) is 8.99. The van der Waals surface area contributed by atoms with E-state index < -0.39 is 17.9 Å². The highest BCUT2D eigenvalue weighted by atomic mass is 16.5. The fourth-order valence-corrected chi connectivity index (χ4v) is 2.36. The highest BCUT2D eigenvalue weighted by Crippen LogP contribution is 2.28. The molecule has 0 spiro atoms. The van der Waals surface area contributed by atoms with Gasteiger partial charge in [-0.1, -0.05) is 13.8 Å². The lowest BCUT2D eigenvalue weighted by atomic mass is 10.0. The number of ether oxygens (including phenoxy) is 1. The number of amides is 2. The molecule has 0 aromatic rings. The lowest BCUT2D eigenvalue weighted by molar-refractivity contribution is -0.142. The summed E-state index contributed by atoms with van der Waals surface area (Å²) in [6, 6.07) is -0.246. The summed E-state index contributed by atoms with van der Waals surface area (Å²) in [7, 11) is 0.